The Morgan fingerprint density at radius 2 is 1.52 bits per heavy atom. The van der Waals surface area contributed by atoms with Crippen LogP contribution in [0.3, 0.4) is 0 Å². The lowest BCUT2D eigenvalue weighted by atomic mass is 10.1. The molecule has 3 aromatic carbocycles. The number of para-hydroxylation sites is 1. The zero-order valence-corrected chi connectivity index (χ0v) is 15.1. The summed E-state index contributed by atoms with van der Waals surface area (Å²) < 4.78 is 3.36. The maximum absolute atomic E-state index is 12.9. The first-order chi connectivity index (χ1) is 13.1. The molecule has 6 nitrogen and oxygen atoms in total. The fourth-order valence-corrected chi connectivity index (χ4v) is 3.15. The smallest absolute Gasteiger partial charge is 0.299 e. The molecule has 0 radical (unpaired) electrons. The molecule has 0 bridgehead atoms. The van der Waals surface area contributed by atoms with Gasteiger partial charge in [-0.25, -0.2) is 4.68 Å². The maximum Gasteiger partial charge on any atom is 0.299 e. The molecule has 2 N–H and O–H groups in total. The molecule has 1 aromatic heterocycles. The van der Waals surface area contributed by atoms with E-state index in [0.717, 1.165) is 22.2 Å². The monoisotopic (exact) mass is 357 g/mol. The van der Waals surface area contributed by atoms with Crippen molar-refractivity contribution in [3.05, 3.63) is 82.8 Å². The van der Waals surface area contributed by atoms with E-state index < -0.39 is 0 Å². The SMILES string of the molecule is Cc1c(N=Nc2c(N)ccc3ccccc23)c(=O)n(-c2ccccc2)n1C. The Hall–Kier alpha value is -3.67. The molecule has 4 rings (SSSR count). The molecule has 0 aliphatic rings. The molecule has 6 heteroatoms. The lowest BCUT2D eigenvalue weighted by Crippen LogP contribution is -2.19. The number of nitrogens with zero attached hydrogens (tertiary/aromatic N) is 4. The van der Waals surface area contributed by atoms with Gasteiger partial charge in [0.15, 0.2) is 5.69 Å². The molecule has 0 atom stereocenters. The normalized spacial score (nSPS) is 11.5. The largest absolute Gasteiger partial charge is 0.397 e. The summed E-state index contributed by atoms with van der Waals surface area (Å²) in [6.07, 6.45) is 0. The summed E-state index contributed by atoms with van der Waals surface area (Å²) in [5.41, 5.74) is 8.79. The molecule has 0 saturated heterocycles. The lowest BCUT2D eigenvalue weighted by molar-refractivity contribution is 0.630. The van der Waals surface area contributed by atoms with Crippen molar-refractivity contribution in [1.82, 2.24) is 9.36 Å². The minimum Gasteiger partial charge on any atom is -0.397 e. The Bertz CT molecular complexity index is 1220. The number of benzene rings is 3. The molecule has 27 heavy (non-hydrogen) atoms. The van der Waals surface area contributed by atoms with Crippen LogP contribution in [0, 0.1) is 6.92 Å². The Balaban J connectivity index is 1.86. The molecule has 0 aliphatic carbocycles. The quantitative estimate of drug-likeness (QED) is 0.428. The zero-order valence-electron chi connectivity index (χ0n) is 15.1. The van der Waals surface area contributed by atoms with Crippen molar-refractivity contribution < 1.29 is 0 Å². The van der Waals surface area contributed by atoms with Crippen LogP contribution in [-0.2, 0) is 7.05 Å². The third kappa shape index (κ3) is 2.81. The average Bonchev–Trinajstić information content (AvgIpc) is 2.90. The average molecular weight is 357 g/mol. The van der Waals surface area contributed by atoms with Crippen LogP contribution in [0.1, 0.15) is 5.69 Å². The Morgan fingerprint density at radius 1 is 0.852 bits per heavy atom. The van der Waals surface area contributed by atoms with E-state index in [9.17, 15) is 4.79 Å². The van der Waals surface area contributed by atoms with Gasteiger partial charge in [-0.2, -0.15) is 0 Å². The highest BCUT2D eigenvalue weighted by molar-refractivity contribution is 5.97. The fraction of sp³-hybridized carbons (Fsp3) is 0.0952. The van der Waals surface area contributed by atoms with Gasteiger partial charge in [-0.15, -0.1) is 10.2 Å². The van der Waals surface area contributed by atoms with Gasteiger partial charge in [-0.3, -0.25) is 9.48 Å². The number of hydrogen-bond donors (Lipinski definition) is 1. The number of nitrogen functional groups attached to an aromatic ring is 1. The Labute approximate surface area is 156 Å². The molecule has 0 spiro atoms. The van der Waals surface area contributed by atoms with Crippen LogP contribution in [0.5, 0.6) is 0 Å². The second-order valence-corrected chi connectivity index (χ2v) is 6.33. The van der Waals surface area contributed by atoms with Crippen LogP contribution in [-0.4, -0.2) is 9.36 Å². The number of fused-ring (bicyclic) bond motifs is 1. The highest BCUT2D eigenvalue weighted by atomic mass is 16.1. The molecular formula is C21H19N5O. The van der Waals surface area contributed by atoms with Gasteiger partial charge in [0.2, 0.25) is 0 Å². The highest BCUT2D eigenvalue weighted by Gasteiger charge is 2.16. The van der Waals surface area contributed by atoms with Crippen LogP contribution in [0.2, 0.25) is 0 Å². The van der Waals surface area contributed by atoms with Crippen LogP contribution in [0.15, 0.2) is 81.8 Å². The van der Waals surface area contributed by atoms with Crippen molar-refractivity contribution in [2.75, 3.05) is 5.73 Å². The van der Waals surface area contributed by atoms with Crippen LogP contribution in [0.25, 0.3) is 16.5 Å². The zero-order chi connectivity index (χ0) is 19.0. The van der Waals surface area contributed by atoms with E-state index in [-0.39, 0.29) is 5.56 Å². The van der Waals surface area contributed by atoms with E-state index in [1.54, 1.807) is 15.4 Å². The minimum absolute atomic E-state index is 0.219. The number of azo groups is 1. The second-order valence-electron chi connectivity index (χ2n) is 6.33. The third-order valence-electron chi connectivity index (χ3n) is 4.71. The molecule has 134 valence electrons. The van der Waals surface area contributed by atoms with Gasteiger partial charge in [-0.1, -0.05) is 48.5 Å². The standard InChI is InChI=1S/C21H19N5O/c1-14-19(21(27)26(25(14)2)16-9-4-3-5-10-16)23-24-20-17-11-7-6-8-15(17)12-13-18(20)22/h3-13H,22H2,1-2H3. The third-order valence-corrected chi connectivity index (χ3v) is 4.71. The summed E-state index contributed by atoms with van der Waals surface area (Å²) in [6.45, 7) is 1.85. The van der Waals surface area contributed by atoms with E-state index in [0.29, 0.717) is 17.1 Å². The van der Waals surface area contributed by atoms with Crippen molar-refractivity contribution in [2.24, 2.45) is 17.3 Å². The van der Waals surface area contributed by atoms with Crippen molar-refractivity contribution in [1.29, 1.82) is 0 Å². The first-order valence-corrected chi connectivity index (χ1v) is 8.61. The van der Waals surface area contributed by atoms with E-state index in [1.165, 1.54) is 0 Å². The predicted molar refractivity (Wildman–Crippen MR) is 108 cm³/mol. The van der Waals surface area contributed by atoms with Crippen molar-refractivity contribution >= 4 is 27.8 Å². The summed E-state index contributed by atoms with van der Waals surface area (Å²) in [4.78, 5) is 12.9. The van der Waals surface area contributed by atoms with Gasteiger partial charge >= 0.3 is 0 Å². The summed E-state index contributed by atoms with van der Waals surface area (Å²) >= 11 is 0. The summed E-state index contributed by atoms with van der Waals surface area (Å²) in [6, 6.07) is 21.0. The first-order valence-electron chi connectivity index (χ1n) is 8.61. The molecule has 0 unspecified atom stereocenters. The Morgan fingerprint density at radius 3 is 2.30 bits per heavy atom. The van der Waals surface area contributed by atoms with E-state index >= 15 is 0 Å². The topological polar surface area (TPSA) is 77.7 Å². The Kier molecular flexibility index (Phi) is 4.08. The van der Waals surface area contributed by atoms with E-state index in [2.05, 4.69) is 10.2 Å². The highest BCUT2D eigenvalue weighted by Crippen LogP contribution is 2.33. The van der Waals surface area contributed by atoms with Gasteiger partial charge in [0, 0.05) is 12.4 Å². The number of nitrogens with two attached hydrogens (primary N) is 1. The number of rotatable bonds is 3. The van der Waals surface area contributed by atoms with Crippen molar-refractivity contribution in [3.63, 3.8) is 0 Å². The first kappa shape index (κ1) is 16.8. The van der Waals surface area contributed by atoms with Gasteiger partial charge < -0.3 is 5.73 Å². The van der Waals surface area contributed by atoms with Gasteiger partial charge in [-0.05, 0) is 30.5 Å². The molecular weight excluding hydrogens is 338 g/mol. The molecule has 0 fully saturated rings. The van der Waals surface area contributed by atoms with E-state index in [4.69, 9.17) is 5.73 Å². The molecule has 0 saturated carbocycles. The van der Waals surface area contributed by atoms with Gasteiger partial charge in [0.1, 0.15) is 5.69 Å². The van der Waals surface area contributed by atoms with E-state index in [1.807, 2.05) is 74.6 Å². The fourth-order valence-electron chi connectivity index (χ4n) is 3.15. The number of hydrogen-bond acceptors (Lipinski definition) is 4. The van der Waals surface area contributed by atoms with Crippen LogP contribution in [0.4, 0.5) is 17.1 Å². The summed E-state index contributed by atoms with van der Waals surface area (Å²) in [7, 11) is 1.83. The molecule has 1 heterocycles. The minimum atomic E-state index is -0.219. The van der Waals surface area contributed by atoms with Crippen LogP contribution >= 0.6 is 0 Å². The predicted octanol–water partition coefficient (Wildman–Crippen LogP) is 4.64. The molecule has 0 amide bonds. The van der Waals surface area contributed by atoms with Gasteiger partial charge in [0.05, 0.1) is 17.1 Å². The molecule has 0 aliphatic heterocycles. The lowest BCUT2D eigenvalue weighted by Gasteiger charge is -2.07. The van der Waals surface area contributed by atoms with Gasteiger partial charge in [0.25, 0.3) is 5.56 Å². The number of anilines is 1. The summed E-state index contributed by atoms with van der Waals surface area (Å²) in [5, 5.41) is 10.6. The number of aromatic nitrogens is 2. The van der Waals surface area contributed by atoms with Crippen molar-refractivity contribution in [3.8, 4) is 5.69 Å². The van der Waals surface area contributed by atoms with Crippen molar-refractivity contribution in [2.45, 2.75) is 6.92 Å². The second kappa shape index (κ2) is 6.57. The maximum atomic E-state index is 12.9. The summed E-state index contributed by atoms with van der Waals surface area (Å²) in [5.74, 6) is 0. The molecule has 4 aromatic rings. The van der Waals surface area contributed by atoms with Crippen LogP contribution < -0.4 is 11.3 Å².